The van der Waals surface area contributed by atoms with Gasteiger partial charge in [-0.1, -0.05) is 25.1 Å². The van der Waals surface area contributed by atoms with E-state index in [0.29, 0.717) is 40.3 Å². The fourth-order valence-corrected chi connectivity index (χ4v) is 4.83. The second-order valence-electron chi connectivity index (χ2n) is 9.05. The second kappa shape index (κ2) is 9.19. The third-order valence-corrected chi connectivity index (χ3v) is 6.91. The van der Waals surface area contributed by atoms with Gasteiger partial charge in [-0.15, -0.1) is 0 Å². The van der Waals surface area contributed by atoms with Gasteiger partial charge in [0.2, 0.25) is 5.76 Å². The molecule has 1 aliphatic heterocycles. The molecule has 0 fully saturated rings. The summed E-state index contributed by atoms with van der Waals surface area (Å²) in [7, 11) is 1.57. The largest absolute Gasteiger partial charge is 0.493 e. The van der Waals surface area contributed by atoms with Crippen molar-refractivity contribution in [3.63, 3.8) is 0 Å². The number of ether oxygens (including phenoxy) is 2. The zero-order chi connectivity index (χ0) is 25.6. The molecule has 36 heavy (non-hydrogen) atoms. The first kappa shape index (κ1) is 23.7. The highest BCUT2D eigenvalue weighted by molar-refractivity contribution is 6.10. The van der Waals surface area contributed by atoms with E-state index >= 15 is 0 Å². The van der Waals surface area contributed by atoms with Crippen LogP contribution in [0.15, 0.2) is 63.8 Å². The summed E-state index contributed by atoms with van der Waals surface area (Å²) in [6.45, 7) is 8.40. The molecule has 0 bridgehead atoms. The Labute approximate surface area is 210 Å². The zero-order valence-corrected chi connectivity index (χ0v) is 21.2. The van der Waals surface area contributed by atoms with Gasteiger partial charge in [0, 0.05) is 5.69 Å². The Hall–Kier alpha value is -4.06. The molecular weight excluding hydrogens is 454 g/mol. The van der Waals surface area contributed by atoms with Crippen molar-refractivity contribution >= 4 is 22.6 Å². The molecule has 1 aromatic heterocycles. The van der Waals surface area contributed by atoms with E-state index in [1.165, 1.54) is 0 Å². The summed E-state index contributed by atoms with van der Waals surface area (Å²) >= 11 is 0. The predicted molar refractivity (Wildman–Crippen MR) is 141 cm³/mol. The van der Waals surface area contributed by atoms with Gasteiger partial charge in [0.05, 0.1) is 30.7 Å². The van der Waals surface area contributed by atoms with Crippen LogP contribution in [0.25, 0.3) is 11.0 Å². The van der Waals surface area contributed by atoms with Crippen LogP contribution in [0, 0.1) is 13.8 Å². The molecule has 4 aromatic rings. The van der Waals surface area contributed by atoms with Gasteiger partial charge in [0.25, 0.3) is 5.91 Å². The molecule has 0 spiro atoms. The zero-order valence-electron chi connectivity index (χ0n) is 21.2. The third kappa shape index (κ3) is 3.73. The van der Waals surface area contributed by atoms with Gasteiger partial charge in [-0.25, -0.2) is 0 Å². The van der Waals surface area contributed by atoms with E-state index in [0.717, 1.165) is 28.7 Å². The highest BCUT2D eigenvalue weighted by Gasteiger charge is 2.44. The topological polar surface area (TPSA) is 69.0 Å². The number of benzene rings is 3. The minimum atomic E-state index is -0.674. The molecule has 0 aliphatic carbocycles. The van der Waals surface area contributed by atoms with Crippen molar-refractivity contribution in [3.8, 4) is 11.5 Å². The van der Waals surface area contributed by atoms with Crippen LogP contribution in [-0.2, 0) is 6.42 Å². The summed E-state index contributed by atoms with van der Waals surface area (Å²) in [4.78, 5) is 29.4. The highest BCUT2D eigenvalue weighted by atomic mass is 16.5. The van der Waals surface area contributed by atoms with Crippen molar-refractivity contribution < 1.29 is 18.7 Å². The molecule has 0 saturated carbocycles. The Balaban J connectivity index is 1.78. The van der Waals surface area contributed by atoms with Crippen LogP contribution in [-0.4, -0.2) is 19.6 Å². The predicted octanol–water partition coefficient (Wildman–Crippen LogP) is 6.13. The second-order valence-corrected chi connectivity index (χ2v) is 9.05. The number of aryl methyl sites for hydroxylation is 3. The summed E-state index contributed by atoms with van der Waals surface area (Å²) < 4.78 is 17.4. The molecule has 0 saturated heterocycles. The standard InChI is InChI=1S/C30H29NO5/c1-6-19-8-11-21(12-9-19)31-27(20-10-13-23(35-7-2)25(16-20)34-5)26-28(32)22-14-17(3)18(4)15-24(22)36-29(26)30(31)33/h8-16,27H,6-7H2,1-5H3. The van der Waals surface area contributed by atoms with Crippen LogP contribution < -0.4 is 19.8 Å². The van der Waals surface area contributed by atoms with Crippen molar-refractivity contribution in [2.45, 2.75) is 40.2 Å². The molecule has 184 valence electrons. The number of carbonyl (C=O) groups is 1. The number of carbonyl (C=O) groups excluding carboxylic acids is 1. The van der Waals surface area contributed by atoms with Gasteiger partial charge in [0.15, 0.2) is 16.9 Å². The Morgan fingerprint density at radius 2 is 1.64 bits per heavy atom. The summed E-state index contributed by atoms with van der Waals surface area (Å²) in [6.07, 6.45) is 0.887. The average molecular weight is 484 g/mol. The van der Waals surface area contributed by atoms with Gasteiger partial charge in [0.1, 0.15) is 5.58 Å². The Bertz CT molecular complexity index is 1530. The van der Waals surface area contributed by atoms with Crippen LogP contribution in [0.1, 0.15) is 58.3 Å². The highest BCUT2D eigenvalue weighted by Crippen LogP contribution is 2.43. The summed E-state index contributed by atoms with van der Waals surface area (Å²) in [5, 5.41) is 0.468. The maximum Gasteiger partial charge on any atom is 0.295 e. The number of nitrogens with zero attached hydrogens (tertiary/aromatic N) is 1. The van der Waals surface area contributed by atoms with Crippen LogP contribution in [0.3, 0.4) is 0 Å². The minimum absolute atomic E-state index is 0.0770. The number of rotatable bonds is 6. The lowest BCUT2D eigenvalue weighted by atomic mass is 9.96. The van der Waals surface area contributed by atoms with Gasteiger partial charge in [-0.05, 0) is 85.8 Å². The molecule has 1 amide bonds. The quantitative estimate of drug-likeness (QED) is 0.330. The molecule has 1 unspecified atom stereocenters. The normalized spacial score (nSPS) is 14.9. The van der Waals surface area contributed by atoms with E-state index in [2.05, 4.69) is 6.92 Å². The molecule has 1 atom stereocenters. The van der Waals surface area contributed by atoms with E-state index in [9.17, 15) is 9.59 Å². The van der Waals surface area contributed by atoms with Gasteiger partial charge >= 0.3 is 0 Å². The number of hydrogen-bond acceptors (Lipinski definition) is 5. The van der Waals surface area contributed by atoms with E-state index < -0.39 is 6.04 Å². The maximum atomic E-state index is 13.9. The fourth-order valence-electron chi connectivity index (χ4n) is 4.83. The van der Waals surface area contributed by atoms with Gasteiger partial charge in [-0.3, -0.25) is 14.5 Å². The molecule has 1 aliphatic rings. The molecule has 0 N–H and O–H groups in total. The monoisotopic (exact) mass is 483 g/mol. The van der Waals surface area contributed by atoms with E-state index in [1.807, 2.05) is 75.4 Å². The summed E-state index contributed by atoms with van der Waals surface area (Å²) in [6, 6.07) is 16.3. The van der Waals surface area contributed by atoms with Crippen LogP contribution in [0.5, 0.6) is 11.5 Å². The Kier molecular flexibility index (Phi) is 6.04. The number of fused-ring (bicyclic) bond motifs is 2. The van der Waals surface area contributed by atoms with E-state index in [-0.39, 0.29) is 17.1 Å². The minimum Gasteiger partial charge on any atom is -0.493 e. The van der Waals surface area contributed by atoms with Crippen molar-refractivity contribution in [1.82, 2.24) is 0 Å². The number of amides is 1. The first-order valence-electron chi connectivity index (χ1n) is 12.2. The molecule has 2 heterocycles. The lowest BCUT2D eigenvalue weighted by molar-refractivity contribution is 0.0971. The van der Waals surface area contributed by atoms with Crippen molar-refractivity contribution in [3.05, 3.63) is 98.4 Å². The molecule has 6 heteroatoms. The molecule has 3 aromatic carbocycles. The molecule has 5 rings (SSSR count). The van der Waals surface area contributed by atoms with E-state index in [4.69, 9.17) is 13.9 Å². The number of hydrogen-bond donors (Lipinski definition) is 0. The molecule has 6 nitrogen and oxygen atoms in total. The van der Waals surface area contributed by atoms with E-state index in [1.54, 1.807) is 12.0 Å². The summed E-state index contributed by atoms with van der Waals surface area (Å²) in [5.41, 5.74) is 5.13. The van der Waals surface area contributed by atoms with Crippen molar-refractivity contribution in [1.29, 1.82) is 0 Å². The number of anilines is 1. The molecule has 0 radical (unpaired) electrons. The van der Waals surface area contributed by atoms with Gasteiger partial charge in [-0.2, -0.15) is 0 Å². The Morgan fingerprint density at radius 3 is 2.31 bits per heavy atom. The fraction of sp³-hybridized carbons (Fsp3) is 0.267. The Morgan fingerprint density at radius 1 is 0.917 bits per heavy atom. The smallest absolute Gasteiger partial charge is 0.295 e. The van der Waals surface area contributed by atoms with Crippen LogP contribution in [0.4, 0.5) is 5.69 Å². The average Bonchev–Trinajstić information content (AvgIpc) is 3.18. The third-order valence-electron chi connectivity index (χ3n) is 6.91. The lowest BCUT2D eigenvalue weighted by Gasteiger charge is -2.26. The van der Waals surface area contributed by atoms with Crippen molar-refractivity contribution in [2.24, 2.45) is 0 Å². The summed E-state index contributed by atoms with van der Waals surface area (Å²) in [5.74, 6) is 0.870. The van der Waals surface area contributed by atoms with Crippen LogP contribution >= 0.6 is 0 Å². The maximum absolute atomic E-state index is 13.9. The number of methoxy groups -OCH3 is 1. The lowest BCUT2D eigenvalue weighted by Crippen LogP contribution is -2.29. The molecular formula is C30H29NO5. The van der Waals surface area contributed by atoms with Crippen LogP contribution in [0.2, 0.25) is 0 Å². The first-order chi connectivity index (χ1) is 17.4. The first-order valence-corrected chi connectivity index (χ1v) is 12.2. The SMILES string of the molecule is CCOc1ccc(C2c3c(oc4cc(C)c(C)cc4c3=O)C(=O)N2c2ccc(CC)cc2)cc1OC. The van der Waals surface area contributed by atoms with Gasteiger partial charge < -0.3 is 13.9 Å². The van der Waals surface area contributed by atoms with Crippen molar-refractivity contribution in [2.75, 3.05) is 18.6 Å².